The molecule has 1 amide bonds. The quantitative estimate of drug-likeness (QED) is 0.856. The minimum absolute atomic E-state index is 0.0783. The summed E-state index contributed by atoms with van der Waals surface area (Å²) in [5.41, 5.74) is 2.81. The van der Waals surface area contributed by atoms with Gasteiger partial charge in [0.2, 0.25) is 5.91 Å². The van der Waals surface area contributed by atoms with Crippen molar-refractivity contribution in [1.29, 1.82) is 0 Å². The summed E-state index contributed by atoms with van der Waals surface area (Å²) in [7, 11) is 0. The summed E-state index contributed by atoms with van der Waals surface area (Å²) in [6, 6.07) is 13.1. The molecule has 3 rings (SSSR count). The molecule has 2 N–H and O–H groups in total. The summed E-state index contributed by atoms with van der Waals surface area (Å²) in [4.78, 5) is 12.3. The number of carbonyl (C=O) groups excluding carboxylic acids is 1. The molecule has 20 heavy (non-hydrogen) atoms. The molecule has 2 aromatic carbocycles. The predicted molar refractivity (Wildman–Crippen MR) is 85.3 cm³/mol. The van der Waals surface area contributed by atoms with Gasteiger partial charge in [-0.15, -0.1) is 0 Å². The third-order valence-corrected chi connectivity index (χ3v) is 4.08. The Morgan fingerprint density at radius 1 is 1.30 bits per heavy atom. The number of amides is 1. The van der Waals surface area contributed by atoms with E-state index >= 15 is 0 Å². The molecule has 2 aromatic rings. The number of fused-ring (bicyclic) bond motifs is 1. The number of benzene rings is 2. The molecule has 1 unspecified atom stereocenters. The zero-order chi connectivity index (χ0) is 14.1. The van der Waals surface area contributed by atoms with Crippen LogP contribution in [0.3, 0.4) is 0 Å². The zero-order valence-electron chi connectivity index (χ0n) is 10.5. The lowest BCUT2D eigenvalue weighted by Gasteiger charge is -2.13. The number of carbonyl (C=O) groups is 1. The lowest BCUT2D eigenvalue weighted by atomic mass is 10.1. The van der Waals surface area contributed by atoms with Gasteiger partial charge in [-0.25, -0.2) is 0 Å². The van der Waals surface area contributed by atoms with Gasteiger partial charge in [-0.05, 0) is 29.8 Å². The van der Waals surface area contributed by atoms with E-state index in [2.05, 4.69) is 26.6 Å². The van der Waals surface area contributed by atoms with Gasteiger partial charge in [-0.1, -0.05) is 45.7 Å². The van der Waals surface area contributed by atoms with Crippen molar-refractivity contribution in [2.75, 3.05) is 10.6 Å². The standard InChI is InChI=1S/C15H12BrClN2O/c16-10-5-6-13(11(17)8-10)19-15(20)14-7-9-3-1-2-4-12(9)18-14/h1-6,8,14,18H,7H2,(H,19,20). The van der Waals surface area contributed by atoms with Crippen LogP contribution in [0.1, 0.15) is 5.56 Å². The Bertz CT molecular complexity index is 650. The third kappa shape index (κ3) is 2.67. The molecule has 0 saturated heterocycles. The molecular weight excluding hydrogens is 340 g/mol. The normalized spacial score (nSPS) is 16.4. The Morgan fingerprint density at radius 2 is 2.10 bits per heavy atom. The van der Waals surface area contributed by atoms with Crippen LogP contribution in [-0.4, -0.2) is 11.9 Å². The van der Waals surface area contributed by atoms with Crippen molar-refractivity contribution in [3.63, 3.8) is 0 Å². The minimum Gasteiger partial charge on any atom is -0.373 e. The van der Waals surface area contributed by atoms with E-state index in [-0.39, 0.29) is 11.9 Å². The van der Waals surface area contributed by atoms with E-state index in [4.69, 9.17) is 11.6 Å². The first-order valence-electron chi connectivity index (χ1n) is 6.24. The summed E-state index contributed by atoms with van der Waals surface area (Å²) >= 11 is 9.44. The smallest absolute Gasteiger partial charge is 0.247 e. The van der Waals surface area contributed by atoms with E-state index in [9.17, 15) is 4.79 Å². The van der Waals surface area contributed by atoms with Crippen LogP contribution in [0.25, 0.3) is 0 Å². The molecular formula is C15H12BrClN2O. The van der Waals surface area contributed by atoms with Crippen LogP contribution in [0.5, 0.6) is 0 Å². The van der Waals surface area contributed by atoms with Crippen molar-refractivity contribution < 1.29 is 4.79 Å². The second kappa shape index (κ2) is 5.46. The Hall–Kier alpha value is -1.52. The fourth-order valence-electron chi connectivity index (χ4n) is 2.27. The van der Waals surface area contributed by atoms with E-state index < -0.39 is 0 Å². The number of anilines is 2. The Morgan fingerprint density at radius 3 is 2.85 bits per heavy atom. The van der Waals surface area contributed by atoms with Gasteiger partial charge in [0.05, 0.1) is 10.7 Å². The fourth-order valence-corrected chi connectivity index (χ4v) is 2.99. The van der Waals surface area contributed by atoms with E-state index in [1.165, 1.54) is 0 Å². The molecule has 0 aliphatic carbocycles. The maximum Gasteiger partial charge on any atom is 0.247 e. The maximum absolute atomic E-state index is 12.3. The number of para-hydroxylation sites is 1. The van der Waals surface area contributed by atoms with Gasteiger partial charge in [-0.3, -0.25) is 4.79 Å². The molecule has 0 bridgehead atoms. The van der Waals surface area contributed by atoms with Crippen molar-refractivity contribution >= 4 is 44.8 Å². The van der Waals surface area contributed by atoms with Crippen LogP contribution in [-0.2, 0) is 11.2 Å². The Kier molecular flexibility index (Phi) is 3.68. The summed E-state index contributed by atoms with van der Waals surface area (Å²) in [6.07, 6.45) is 0.691. The van der Waals surface area contributed by atoms with Gasteiger partial charge >= 0.3 is 0 Å². The summed E-state index contributed by atoms with van der Waals surface area (Å²) in [5.74, 6) is -0.0783. The summed E-state index contributed by atoms with van der Waals surface area (Å²) < 4.78 is 0.881. The van der Waals surface area contributed by atoms with Gasteiger partial charge in [0.1, 0.15) is 6.04 Å². The lowest BCUT2D eigenvalue weighted by molar-refractivity contribution is -0.116. The van der Waals surface area contributed by atoms with E-state index in [1.54, 1.807) is 12.1 Å². The highest BCUT2D eigenvalue weighted by molar-refractivity contribution is 9.10. The zero-order valence-corrected chi connectivity index (χ0v) is 12.8. The Balaban J connectivity index is 1.72. The van der Waals surface area contributed by atoms with Crippen molar-refractivity contribution in [2.24, 2.45) is 0 Å². The van der Waals surface area contributed by atoms with Crippen LogP contribution in [0.15, 0.2) is 46.9 Å². The van der Waals surface area contributed by atoms with E-state index in [1.807, 2.05) is 30.3 Å². The average Bonchev–Trinajstić information content (AvgIpc) is 2.86. The first-order chi connectivity index (χ1) is 9.63. The molecule has 3 nitrogen and oxygen atoms in total. The van der Waals surface area contributed by atoms with Crippen molar-refractivity contribution in [1.82, 2.24) is 0 Å². The number of hydrogen-bond donors (Lipinski definition) is 2. The first-order valence-corrected chi connectivity index (χ1v) is 7.41. The maximum atomic E-state index is 12.3. The average molecular weight is 352 g/mol. The minimum atomic E-state index is -0.257. The largest absolute Gasteiger partial charge is 0.373 e. The number of nitrogens with one attached hydrogen (secondary N) is 2. The second-order valence-corrected chi connectivity index (χ2v) is 5.99. The van der Waals surface area contributed by atoms with Crippen molar-refractivity contribution in [2.45, 2.75) is 12.5 Å². The van der Waals surface area contributed by atoms with Crippen LogP contribution < -0.4 is 10.6 Å². The van der Waals surface area contributed by atoms with E-state index in [0.717, 1.165) is 15.7 Å². The number of hydrogen-bond acceptors (Lipinski definition) is 2. The SMILES string of the molecule is O=C(Nc1ccc(Br)cc1Cl)C1Cc2ccccc2N1. The van der Waals surface area contributed by atoms with Gasteiger partial charge in [-0.2, -0.15) is 0 Å². The monoisotopic (exact) mass is 350 g/mol. The van der Waals surface area contributed by atoms with Crippen LogP contribution >= 0.6 is 27.5 Å². The molecule has 0 saturated carbocycles. The number of rotatable bonds is 2. The topological polar surface area (TPSA) is 41.1 Å². The molecule has 0 aromatic heterocycles. The molecule has 1 aliphatic heterocycles. The highest BCUT2D eigenvalue weighted by Gasteiger charge is 2.26. The second-order valence-electron chi connectivity index (χ2n) is 4.67. The van der Waals surface area contributed by atoms with Gasteiger partial charge < -0.3 is 10.6 Å². The Labute approximate surface area is 130 Å². The molecule has 1 atom stereocenters. The van der Waals surface area contributed by atoms with Crippen LogP contribution in [0, 0.1) is 0 Å². The van der Waals surface area contributed by atoms with Gasteiger partial charge in [0, 0.05) is 16.6 Å². The fraction of sp³-hybridized carbons (Fsp3) is 0.133. The molecule has 0 fully saturated rings. The molecule has 0 radical (unpaired) electrons. The molecule has 5 heteroatoms. The number of halogens is 2. The van der Waals surface area contributed by atoms with Gasteiger partial charge in [0.15, 0.2) is 0 Å². The third-order valence-electron chi connectivity index (χ3n) is 3.28. The van der Waals surface area contributed by atoms with Gasteiger partial charge in [0.25, 0.3) is 0 Å². The highest BCUT2D eigenvalue weighted by Crippen LogP contribution is 2.28. The highest BCUT2D eigenvalue weighted by atomic mass is 79.9. The summed E-state index contributed by atoms with van der Waals surface area (Å²) in [6.45, 7) is 0. The van der Waals surface area contributed by atoms with Crippen LogP contribution in [0.2, 0.25) is 5.02 Å². The first kappa shape index (κ1) is 13.5. The van der Waals surface area contributed by atoms with Crippen LogP contribution in [0.4, 0.5) is 11.4 Å². The summed E-state index contributed by atoms with van der Waals surface area (Å²) in [5, 5.41) is 6.60. The lowest BCUT2D eigenvalue weighted by Crippen LogP contribution is -2.32. The molecule has 0 spiro atoms. The van der Waals surface area contributed by atoms with Crippen molar-refractivity contribution in [3.8, 4) is 0 Å². The van der Waals surface area contributed by atoms with Crippen molar-refractivity contribution in [3.05, 3.63) is 57.5 Å². The molecule has 102 valence electrons. The molecule has 1 aliphatic rings. The molecule has 1 heterocycles. The van der Waals surface area contributed by atoms with E-state index in [0.29, 0.717) is 17.1 Å². The predicted octanol–water partition coefficient (Wildman–Crippen LogP) is 4.08.